The van der Waals surface area contributed by atoms with E-state index in [2.05, 4.69) is 22.1 Å². The molecule has 40 heavy (non-hydrogen) atoms. The molecule has 0 unspecified atom stereocenters. The number of halogens is 1. The molecule has 5 rings (SSSR count). The molecule has 0 fully saturated rings. The second-order valence-corrected chi connectivity index (χ2v) is 12.4. The summed E-state index contributed by atoms with van der Waals surface area (Å²) in [5.41, 5.74) is 4.72. The van der Waals surface area contributed by atoms with Crippen molar-refractivity contribution in [2.75, 3.05) is 38.5 Å². The van der Waals surface area contributed by atoms with Crippen LogP contribution in [0.2, 0.25) is 0 Å². The number of sulfone groups is 1. The van der Waals surface area contributed by atoms with Crippen molar-refractivity contribution in [3.63, 3.8) is 0 Å². The van der Waals surface area contributed by atoms with E-state index in [1.165, 1.54) is 36.4 Å². The zero-order valence-electron chi connectivity index (χ0n) is 22.9. The third kappa shape index (κ3) is 5.46. The fraction of sp³-hybridized carbons (Fsp3) is 0.333. The Kier molecular flexibility index (Phi) is 7.65. The van der Waals surface area contributed by atoms with E-state index in [1.54, 1.807) is 12.1 Å². The van der Waals surface area contributed by atoms with Gasteiger partial charge in [-0.3, -0.25) is 9.59 Å². The van der Waals surface area contributed by atoms with Crippen molar-refractivity contribution in [1.82, 2.24) is 14.8 Å². The molecule has 2 amide bonds. The number of likely N-dealkylation sites (N-methyl/N-ethyl adjacent to an activating group) is 1. The number of fused-ring (bicyclic) bond motifs is 2. The van der Waals surface area contributed by atoms with Gasteiger partial charge in [0, 0.05) is 42.3 Å². The highest BCUT2D eigenvalue weighted by Gasteiger charge is 2.30. The van der Waals surface area contributed by atoms with E-state index in [9.17, 15) is 22.4 Å². The summed E-state index contributed by atoms with van der Waals surface area (Å²) in [7, 11) is -1.72. The van der Waals surface area contributed by atoms with Crippen LogP contribution in [0, 0.1) is 12.7 Å². The molecule has 2 aliphatic rings. The lowest BCUT2D eigenvalue weighted by atomic mass is 10.0. The predicted molar refractivity (Wildman–Crippen MR) is 153 cm³/mol. The van der Waals surface area contributed by atoms with Gasteiger partial charge in [0.25, 0.3) is 11.8 Å². The lowest BCUT2D eigenvalue weighted by Crippen LogP contribution is -2.37. The molecular weight excluding hydrogens is 531 g/mol. The minimum absolute atomic E-state index is 0.0131. The number of amides is 2. The topological polar surface area (TPSA) is 103 Å². The van der Waals surface area contributed by atoms with Crippen LogP contribution >= 0.6 is 0 Å². The molecule has 0 aliphatic carbocycles. The average Bonchev–Trinajstić information content (AvgIpc) is 3.35. The maximum atomic E-state index is 13.5. The highest BCUT2D eigenvalue weighted by Crippen LogP contribution is 2.36. The zero-order chi connectivity index (χ0) is 28.6. The number of H-pyrrole nitrogens is 1. The van der Waals surface area contributed by atoms with Crippen LogP contribution in [0.1, 0.15) is 51.8 Å². The first-order valence-corrected chi connectivity index (χ1v) is 15.1. The summed E-state index contributed by atoms with van der Waals surface area (Å²) in [6.45, 7) is 7.00. The minimum atomic E-state index is -3.75. The number of hydrogen-bond acceptors (Lipinski definition) is 5. The molecule has 10 heteroatoms. The first-order valence-electron chi connectivity index (χ1n) is 13.4. The molecule has 3 heterocycles. The van der Waals surface area contributed by atoms with Crippen LogP contribution in [-0.2, 0) is 26.8 Å². The number of aromatic nitrogens is 1. The van der Waals surface area contributed by atoms with Gasteiger partial charge in [0.05, 0.1) is 21.8 Å². The van der Waals surface area contributed by atoms with Gasteiger partial charge < -0.3 is 20.1 Å². The number of aryl methyl sites for hydroxylation is 1. The second kappa shape index (κ2) is 11.0. The molecular formula is C30H33FN4O4S. The number of anilines is 1. The quantitative estimate of drug-likeness (QED) is 0.398. The molecule has 0 atom stereocenters. The van der Waals surface area contributed by atoms with Gasteiger partial charge in [-0.2, -0.15) is 0 Å². The van der Waals surface area contributed by atoms with Gasteiger partial charge in [-0.25, -0.2) is 12.8 Å². The molecule has 2 aliphatic heterocycles. The Balaban J connectivity index is 1.46. The molecule has 0 radical (unpaired) electrons. The Morgan fingerprint density at radius 2 is 1.88 bits per heavy atom. The lowest BCUT2D eigenvalue weighted by Gasteiger charge is -2.24. The van der Waals surface area contributed by atoms with Crippen molar-refractivity contribution < 1.29 is 22.4 Å². The van der Waals surface area contributed by atoms with Gasteiger partial charge >= 0.3 is 0 Å². The predicted octanol–water partition coefficient (Wildman–Crippen LogP) is 4.27. The van der Waals surface area contributed by atoms with Crippen molar-refractivity contribution >= 4 is 39.0 Å². The minimum Gasteiger partial charge on any atom is -0.358 e. The van der Waals surface area contributed by atoms with Gasteiger partial charge in [-0.15, -0.1) is 0 Å². The summed E-state index contributed by atoms with van der Waals surface area (Å²) in [6.07, 6.45) is 3.26. The van der Waals surface area contributed by atoms with Gasteiger partial charge in [-0.05, 0) is 80.9 Å². The van der Waals surface area contributed by atoms with E-state index in [1.807, 2.05) is 18.9 Å². The summed E-state index contributed by atoms with van der Waals surface area (Å²) in [5.74, 6) is -1.08. The van der Waals surface area contributed by atoms with E-state index in [4.69, 9.17) is 0 Å². The highest BCUT2D eigenvalue weighted by molar-refractivity contribution is 7.90. The molecule has 0 saturated carbocycles. The Labute approximate surface area is 233 Å². The molecule has 0 bridgehead atoms. The number of nitrogens with zero attached hydrogens (tertiary/aromatic N) is 2. The smallest absolute Gasteiger partial charge is 0.256 e. The summed E-state index contributed by atoms with van der Waals surface area (Å²) >= 11 is 0. The Morgan fingerprint density at radius 3 is 2.60 bits per heavy atom. The zero-order valence-corrected chi connectivity index (χ0v) is 23.7. The van der Waals surface area contributed by atoms with E-state index >= 15 is 0 Å². The van der Waals surface area contributed by atoms with Crippen LogP contribution in [0.3, 0.4) is 0 Å². The van der Waals surface area contributed by atoms with Crippen LogP contribution in [0.15, 0.2) is 47.4 Å². The van der Waals surface area contributed by atoms with Crippen LogP contribution in [0.5, 0.6) is 0 Å². The highest BCUT2D eigenvalue weighted by atomic mass is 32.2. The van der Waals surface area contributed by atoms with Crippen molar-refractivity contribution in [3.05, 3.63) is 81.9 Å². The fourth-order valence-electron chi connectivity index (χ4n) is 5.20. The molecule has 0 spiro atoms. The first kappa shape index (κ1) is 27.8. The molecule has 2 N–H and O–H groups in total. The number of aromatic amines is 1. The monoisotopic (exact) mass is 564 g/mol. The van der Waals surface area contributed by atoms with Crippen molar-refractivity contribution in [2.45, 2.75) is 37.3 Å². The fourth-order valence-corrected chi connectivity index (χ4v) is 6.57. The van der Waals surface area contributed by atoms with Gasteiger partial charge in [0.15, 0.2) is 9.84 Å². The number of rotatable bonds is 8. The van der Waals surface area contributed by atoms with Crippen molar-refractivity contribution in [2.24, 2.45) is 0 Å². The van der Waals surface area contributed by atoms with Crippen LogP contribution < -0.4 is 5.32 Å². The molecule has 1 aromatic heterocycles. The number of benzene rings is 2. The largest absolute Gasteiger partial charge is 0.358 e. The number of nitrogens with one attached hydrogen (secondary N) is 2. The van der Waals surface area contributed by atoms with E-state index in [0.29, 0.717) is 46.7 Å². The third-order valence-electron chi connectivity index (χ3n) is 7.71. The van der Waals surface area contributed by atoms with E-state index < -0.39 is 15.7 Å². The molecule has 0 saturated heterocycles. The molecule has 3 aromatic rings. The van der Waals surface area contributed by atoms with Gasteiger partial charge in [0.2, 0.25) is 0 Å². The van der Waals surface area contributed by atoms with Crippen LogP contribution in [0.25, 0.3) is 11.6 Å². The van der Waals surface area contributed by atoms with Crippen molar-refractivity contribution in [1.29, 1.82) is 0 Å². The molecule has 8 nitrogen and oxygen atoms in total. The van der Waals surface area contributed by atoms with Gasteiger partial charge in [-0.1, -0.05) is 19.1 Å². The Bertz CT molecular complexity index is 1610. The van der Waals surface area contributed by atoms with Gasteiger partial charge in [0.1, 0.15) is 5.82 Å². The van der Waals surface area contributed by atoms with Crippen LogP contribution in [-0.4, -0.2) is 68.2 Å². The van der Waals surface area contributed by atoms with E-state index in [-0.39, 0.29) is 22.5 Å². The number of carbonyl (C=O) groups is 2. The first-order chi connectivity index (χ1) is 19.1. The molecule has 2 aromatic carbocycles. The summed E-state index contributed by atoms with van der Waals surface area (Å²) in [5, 5.41) is 2.80. The normalized spacial score (nSPS) is 16.3. The Hall–Kier alpha value is -3.76. The maximum Gasteiger partial charge on any atom is 0.256 e. The molecule has 210 valence electrons. The van der Waals surface area contributed by atoms with Crippen molar-refractivity contribution in [3.8, 4) is 0 Å². The summed E-state index contributed by atoms with van der Waals surface area (Å²) in [6, 6.07) is 9.88. The SMILES string of the molecule is CCN(C)CCN1CCCc2[nH]c(/C=C3\C(=O)Nc4ccc(S(=O)(=O)Cc5ccc(F)cc5)cc43)c(C)c2C1=O. The number of hydrogen-bond donors (Lipinski definition) is 2. The lowest BCUT2D eigenvalue weighted by molar-refractivity contribution is -0.110. The Morgan fingerprint density at radius 1 is 1.12 bits per heavy atom. The number of carbonyl (C=O) groups excluding carboxylic acids is 2. The summed E-state index contributed by atoms with van der Waals surface area (Å²) in [4.78, 5) is 34.0. The average molecular weight is 565 g/mol. The standard InChI is InChI=1S/C30H33FN4O4S/c1-4-34(3)14-15-35-13-5-6-26-28(30(35)37)19(2)27(32-26)17-24-23-16-22(11-12-25(23)33-29(24)36)40(38,39)18-20-7-9-21(31)10-8-20/h7-12,16-17,32H,4-6,13-15,18H2,1-3H3,(H,33,36)/b24-17-. The summed E-state index contributed by atoms with van der Waals surface area (Å²) < 4.78 is 39.6. The van der Waals surface area contributed by atoms with E-state index in [0.717, 1.165) is 37.2 Å². The second-order valence-electron chi connectivity index (χ2n) is 10.4. The third-order valence-corrected chi connectivity index (χ3v) is 9.39. The van der Waals surface area contributed by atoms with Crippen LogP contribution in [0.4, 0.5) is 10.1 Å². The maximum absolute atomic E-state index is 13.5.